The third-order valence-corrected chi connectivity index (χ3v) is 23.1. The van der Waals surface area contributed by atoms with Gasteiger partial charge in [-0.15, -0.1) is 45.3 Å². The Hall–Kier alpha value is -6.76. The van der Waals surface area contributed by atoms with Crippen LogP contribution in [0.5, 0.6) is 0 Å². The SMILES string of the molecule is Cc1ccc(C2(c3ccc(C)cc3)c3cc(-c4sc(/C=C/C=C5/C(=O)c6cc(F)c(F)cc6S5(=O)=O)c5c4N=S=N5)sc3-c3sc(-c4sc(/C=C/C=C5/C(=O)c6cc(F)c(F)cc6S5(=O)=O)c5c4N=S=N5)cc32)cc1. The maximum Gasteiger partial charge on any atom is 0.211 e. The fourth-order valence-corrected chi connectivity index (χ4v) is 19.2. The van der Waals surface area contributed by atoms with E-state index in [2.05, 4.69) is 69.4 Å². The van der Waals surface area contributed by atoms with E-state index in [-0.39, 0.29) is 0 Å². The number of rotatable bonds is 8. The molecule has 5 aliphatic rings. The second-order valence-corrected chi connectivity index (χ2v) is 26.7. The molecule has 0 fully saturated rings. The van der Waals surface area contributed by atoms with Gasteiger partial charge in [0.1, 0.15) is 32.6 Å². The Morgan fingerprint density at radius 3 is 1.25 bits per heavy atom. The monoisotopic (exact) mass is 1150 g/mol. The van der Waals surface area contributed by atoms with Gasteiger partial charge in [-0.3, -0.25) is 9.59 Å². The molecule has 75 heavy (non-hydrogen) atoms. The van der Waals surface area contributed by atoms with E-state index in [0.717, 1.165) is 97.5 Å². The summed E-state index contributed by atoms with van der Waals surface area (Å²) in [6, 6.07) is 23.7. The minimum Gasteiger partial charge on any atom is -0.288 e. The summed E-state index contributed by atoms with van der Waals surface area (Å²) in [5.74, 6) is -7.26. The van der Waals surface area contributed by atoms with E-state index in [1.165, 1.54) is 34.8 Å². The number of ketones is 2. The molecular weight excluding hydrogens is 1120 g/mol. The minimum atomic E-state index is -4.41. The summed E-state index contributed by atoms with van der Waals surface area (Å²) in [7, 11) is -8.82. The number of nitrogens with zero attached hydrogens (tertiary/aromatic N) is 4. The van der Waals surface area contributed by atoms with Gasteiger partial charge in [-0.1, -0.05) is 71.8 Å². The molecule has 0 amide bonds. The molecule has 0 saturated carbocycles. The molecule has 4 aromatic heterocycles. The fourth-order valence-electron chi connectivity index (χ4n) is 9.79. The summed E-state index contributed by atoms with van der Waals surface area (Å²) in [6.45, 7) is 4.07. The lowest BCUT2D eigenvalue weighted by atomic mass is 9.68. The summed E-state index contributed by atoms with van der Waals surface area (Å²) in [4.78, 5) is 30.8. The topological polar surface area (TPSA) is 152 Å². The Balaban J connectivity index is 0.924. The first-order valence-corrected chi connectivity index (χ1v) is 29.9. The summed E-state index contributed by atoms with van der Waals surface area (Å²) in [6.07, 6.45) is 8.36. The molecule has 22 heteroatoms. The first-order valence-electron chi connectivity index (χ1n) is 22.2. The number of thiophene rings is 4. The van der Waals surface area contributed by atoms with Crippen LogP contribution in [0.3, 0.4) is 0 Å². The van der Waals surface area contributed by atoms with Crippen LogP contribution in [-0.2, 0) is 47.8 Å². The van der Waals surface area contributed by atoms with Gasteiger partial charge in [0.05, 0.1) is 67.2 Å². The Labute approximate surface area is 447 Å². The Morgan fingerprint density at radius 2 is 0.853 bits per heavy atom. The van der Waals surface area contributed by atoms with E-state index >= 15 is 0 Å². The van der Waals surface area contributed by atoms with Crippen LogP contribution in [0.1, 0.15) is 63.9 Å². The number of carbonyl (C=O) groups excluding carboxylic acids is 2. The van der Waals surface area contributed by atoms with Crippen LogP contribution in [-0.4, -0.2) is 28.4 Å². The van der Waals surface area contributed by atoms with Crippen LogP contribution >= 0.6 is 45.3 Å². The van der Waals surface area contributed by atoms with Gasteiger partial charge in [0.25, 0.3) is 0 Å². The van der Waals surface area contributed by atoms with Crippen molar-refractivity contribution < 1.29 is 44.0 Å². The number of hydrogen-bond acceptors (Lipinski definition) is 14. The van der Waals surface area contributed by atoms with Gasteiger partial charge in [-0.25, -0.2) is 34.4 Å². The van der Waals surface area contributed by atoms with E-state index in [1.54, 1.807) is 34.8 Å². The fraction of sp³-hybridized carbons (Fsp3) is 0.0566. The number of halogens is 4. The van der Waals surface area contributed by atoms with Crippen LogP contribution in [0, 0.1) is 37.1 Å². The van der Waals surface area contributed by atoms with E-state index in [1.807, 2.05) is 13.8 Å². The number of fused-ring (bicyclic) bond motifs is 7. The number of Topliss-reactive ketones (excluding diaryl/α,β-unsaturated/α-hetero) is 2. The first kappa shape index (κ1) is 47.9. The quantitative estimate of drug-likeness (QED) is 0.0839. The molecule has 0 unspecified atom stereocenters. The third-order valence-electron chi connectivity index (χ3n) is 13.3. The van der Waals surface area contributed by atoms with Crippen molar-refractivity contribution in [2.75, 3.05) is 0 Å². The molecule has 0 saturated heterocycles. The van der Waals surface area contributed by atoms with Crippen molar-refractivity contribution in [1.82, 2.24) is 0 Å². The number of carbonyl (C=O) groups is 2. The van der Waals surface area contributed by atoms with Gasteiger partial charge < -0.3 is 0 Å². The van der Waals surface area contributed by atoms with E-state index in [4.69, 9.17) is 8.73 Å². The van der Waals surface area contributed by atoms with Crippen molar-refractivity contribution in [2.45, 2.75) is 29.1 Å². The lowest BCUT2D eigenvalue weighted by Crippen LogP contribution is -2.28. The lowest BCUT2D eigenvalue weighted by molar-refractivity contribution is 0.103. The zero-order chi connectivity index (χ0) is 52.0. The van der Waals surface area contributed by atoms with Crippen LogP contribution in [0.4, 0.5) is 40.3 Å². The highest BCUT2D eigenvalue weighted by atomic mass is 32.2. The van der Waals surface area contributed by atoms with Gasteiger partial charge in [0.15, 0.2) is 23.3 Å². The highest BCUT2D eigenvalue weighted by molar-refractivity contribution is 7.97. The van der Waals surface area contributed by atoms with E-state index < -0.39 is 90.7 Å². The predicted octanol–water partition coefficient (Wildman–Crippen LogP) is 15.4. The minimum absolute atomic E-state index is 0.430. The van der Waals surface area contributed by atoms with Gasteiger partial charge in [0, 0.05) is 20.9 Å². The maximum absolute atomic E-state index is 14.1. The number of hydrogen-bond donors (Lipinski definition) is 0. The molecule has 1 aliphatic carbocycles. The Morgan fingerprint density at radius 1 is 0.480 bits per heavy atom. The summed E-state index contributed by atoms with van der Waals surface area (Å²) in [5, 5.41) is 0. The molecule has 4 aromatic carbocycles. The molecule has 0 atom stereocenters. The van der Waals surface area contributed by atoms with Gasteiger partial charge >= 0.3 is 0 Å². The van der Waals surface area contributed by atoms with Gasteiger partial charge in [-0.2, -0.15) is 17.5 Å². The molecule has 4 aliphatic heterocycles. The van der Waals surface area contributed by atoms with Crippen molar-refractivity contribution in [3.05, 3.63) is 197 Å². The van der Waals surface area contributed by atoms with Crippen LogP contribution in [0.25, 0.3) is 41.4 Å². The summed E-state index contributed by atoms with van der Waals surface area (Å²) >= 11 is 8.06. The van der Waals surface area contributed by atoms with E-state index in [0.29, 0.717) is 56.8 Å². The molecule has 8 aromatic rings. The van der Waals surface area contributed by atoms with Gasteiger partial charge in [0.2, 0.25) is 31.2 Å². The van der Waals surface area contributed by atoms with E-state index in [9.17, 15) is 44.0 Å². The largest absolute Gasteiger partial charge is 0.288 e. The first-order chi connectivity index (χ1) is 36.0. The maximum atomic E-state index is 14.1. The smallest absolute Gasteiger partial charge is 0.211 e. The highest BCUT2D eigenvalue weighted by Gasteiger charge is 2.50. The van der Waals surface area contributed by atoms with Crippen molar-refractivity contribution in [2.24, 2.45) is 17.5 Å². The number of aryl methyl sites for hydroxylation is 2. The standard InChI is InChI=1S/C53H26F4N4O6S8/c1-23-9-13-25(14-10-23)53(26-15-11-24(2)12-16-26)29-19-37(51-45-43(58-72-60-45)35(68-51)5-3-7-39-47(62)27-17-31(54)33(56)21-41(27)74(39,64)65)70-49(29)50-30(53)20-38(71-50)52-46-44(59-73-61-46)36(69-52)6-4-8-40-48(63)28-18-32(55)34(57)22-42(28)75(40,66)67/h3-22H,1-2H3/b5-3+,6-4+,39-7-,40-8-. The Bertz CT molecular complexity index is 4240. The highest BCUT2D eigenvalue weighted by Crippen LogP contribution is 2.65. The second-order valence-electron chi connectivity index (χ2n) is 17.7. The average molecular weight is 1150 g/mol. The van der Waals surface area contributed by atoms with Crippen molar-refractivity contribution in [3.8, 4) is 29.3 Å². The Kier molecular flexibility index (Phi) is 10.9. The van der Waals surface area contributed by atoms with Crippen molar-refractivity contribution in [3.63, 3.8) is 0 Å². The zero-order valence-electron chi connectivity index (χ0n) is 38.1. The molecule has 0 N–H and O–H groups in total. The molecule has 0 radical (unpaired) electrons. The molecule has 8 heterocycles. The summed E-state index contributed by atoms with van der Waals surface area (Å²) < 4.78 is 128. The molecular formula is C53H26F4N4O6S8. The van der Waals surface area contributed by atoms with Gasteiger partial charge in [-0.05, 0) is 96.8 Å². The predicted molar refractivity (Wildman–Crippen MR) is 289 cm³/mol. The number of allylic oxidation sites excluding steroid dienone is 6. The van der Waals surface area contributed by atoms with Crippen molar-refractivity contribution in [1.29, 1.82) is 0 Å². The van der Waals surface area contributed by atoms with Crippen molar-refractivity contribution >= 4 is 134 Å². The normalized spacial score (nSPS) is 17.8. The number of sulfone groups is 2. The molecule has 10 nitrogen and oxygen atoms in total. The van der Waals surface area contributed by atoms with Crippen LogP contribution in [0.15, 0.2) is 146 Å². The zero-order valence-corrected chi connectivity index (χ0v) is 44.6. The van der Waals surface area contributed by atoms with Crippen LogP contribution < -0.4 is 0 Å². The third kappa shape index (κ3) is 7.07. The second kappa shape index (κ2) is 17.1. The number of benzene rings is 4. The summed E-state index contributed by atoms with van der Waals surface area (Å²) in [5.41, 5.74) is 7.09. The molecule has 13 rings (SSSR count). The van der Waals surface area contributed by atoms with Crippen LogP contribution in [0.2, 0.25) is 0 Å². The molecule has 370 valence electrons. The molecule has 0 bridgehead atoms. The average Bonchev–Trinajstić information content (AvgIpc) is 4.26. The molecule has 0 spiro atoms. The lowest BCUT2D eigenvalue weighted by Gasteiger charge is -2.33.